The minimum atomic E-state index is 0.705. The molecular formula is C22H19ClN4. The molecule has 0 bridgehead atoms. The lowest BCUT2D eigenvalue weighted by Crippen LogP contribution is -2.07. The van der Waals surface area contributed by atoms with E-state index in [-0.39, 0.29) is 0 Å². The Labute approximate surface area is 163 Å². The van der Waals surface area contributed by atoms with Gasteiger partial charge in [-0.05, 0) is 53.4 Å². The van der Waals surface area contributed by atoms with Crippen LogP contribution < -0.4 is 11.1 Å². The summed E-state index contributed by atoms with van der Waals surface area (Å²) in [5.74, 6) is 0.807. The summed E-state index contributed by atoms with van der Waals surface area (Å²) in [6.07, 6.45) is 2.46. The van der Waals surface area contributed by atoms with E-state index < -0.39 is 0 Å². The molecule has 0 aliphatic carbocycles. The maximum atomic E-state index is 5.98. The molecule has 4 aromatic rings. The topological polar surface area (TPSA) is 63.8 Å². The molecule has 0 amide bonds. The molecule has 134 valence electrons. The van der Waals surface area contributed by atoms with Gasteiger partial charge in [0.05, 0.1) is 5.52 Å². The van der Waals surface area contributed by atoms with Crippen LogP contribution in [-0.2, 0) is 6.42 Å². The summed E-state index contributed by atoms with van der Waals surface area (Å²) in [7, 11) is 0. The van der Waals surface area contributed by atoms with Crippen LogP contribution in [0.4, 0.5) is 11.5 Å². The minimum absolute atomic E-state index is 0.705. The molecular weight excluding hydrogens is 356 g/mol. The fraction of sp³-hybridized carbons (Fsp3) is 0.0909. The Morgan fingerprint density at radius 3 is 2.59 bits per heavy atom. The Hall–Kier alpha value is -3.11. The Kier molecular flexibility index (Phi) is 4.90. The second-order valence-corrected chi connectivity index (χ2v) is 6.82. The van der Waals surface area contributed by atoms with E-state index in [2.05, 4.69) is 39.6 Å². The van der Waals surface area contributed by atoms with Crippen molar-refractivity contribution in [3.63, 3.8) is 0 Å². The van der Waals surface area contributed by atoms with E-state index in [4.69, 9.17) is 17.3 Å². The molecule has 27 heavy (non-hydrogen) atoms. The van der Waals surface area contributed by atoms with Gasteiger partial charge < -0.3 is 11.1 Å². The lowest BCUT2D eigenvalue weighted by Gasteiger charge is -2.10. The maximum absolute atomic E-state index is 5.98. The molecule has 3 N–H and O–H groups in total. The van der Waals surface area contributed by atoms with Crippen molar-refractivity contribution in [3.8, 4) is 11.1 Å². The average Bonchev–Trinajstić information content (AvgIpc) is 2.69. The fourth-order valence-corrected chi connectivity index (χ4v) is 3.22. The number of hydrogen-bond acceptors (Lipinski definition) is 4. The molecule has 4 nitrogen and oxygen atoms in total. The van der Waals surface area contributed by atoms with Crippen molar-refractivity contribution in [1.82, 2.24) is 9.97 Å². The Balaban J connectivity index is 1.48. The Morgan fingerprint density at radius 1 is 0.889 bits per heavy atom. The highest BCUT2D eigenvalue weighted by molar-refractivity contribution is 6.30. The van der Waals surface area contributed by atoms with Gasteiger partial charge in [-0.3, -0.25) is 0 Å². The molecule has 0 unspecified atom stereocenters. The van der Waals surface area contributed by atoms with Crippen molar-refractivity contribution in [2.45, 2.75) is 6.42 Å². The van der Waals surface area contributed by atoms with Crippen molar-refractivity contribution in [3.05, 3.63) is 83.6 Å². The molecule has 0 atom stereocenters. The van der Waals surface area contributed by atoms with Crippen molar-refractivity contribution < 1.29 is 0 Å². The molecule has 1 heterocycles. The summed E-state index contributed by atoms with van der Waals surface area (Å²) in [6, 6.07) is 22.1. The van der Waals surface area contributed by atoms with Crippen LogP contribution in [0.2, 0.25) is 5.02 Å². The van der Waals surface area contributed by atoms with Gasteiger partial charge in [-0.2, -0.15) is 0 Å². The molecule has 5 heteroatoms. The number of nitrogens with two attached hydrogens (primary N) is 1. The van der Waals surface area contributed by atoms with E-state index in [0.717, 1.165) is 40.3 Å². The minimum Gasteiger partial charge on any atom is -0.399 e. The highest BCUT2D eigenvalue weighted by Gasteiger charge is 2.04. The number of nitrogens with zero attached hydrogens (tertiary/aromatic N) is 2. The van der Waals surface area contributed by atoms with Crippen LogP contribution in [0.1, 0.15) is 5.56 Å². The summed E-state index contributed by atoms with van der Waals surface area (Å²) >= 11 is 5.98. The fourth-order valence-electron chi connectivity index (χ4n) is 3.09. The van der Waals surface area contributed by atoms with Crippen molar-refractivity contribution in [1.29, 1.82) is 0 Å². The van der Waals surface area contributed by atoms with Gasteiger partial charge in [0.2, 0.25) is 0 Å². The molecule has 0 radical (unpaired) electrons. The van der Waals surface area contributed by atoms with E-state index in [1.165, 1.54) is 11.1 Å². The largest absolute Gasteiger partial charge is 0.399 e. The number of anilines is 2. The average molecular weight is 375 g/mol. The van der Waals surface area contributed by atoms with Crippen molar-refractivity contribution >= 4 is 34.0 Å². The number of benzene rings is 3. The first-order chi connectivity index (χ1) is 13.2. The van der Waals surface area contributed by atoms with Crippen molar-refractivity contribution in [2.75, 3.05) is 17.6 Å². The first-order valence-corrected chi connectivity index (χ1v) is 9.16. The van der Waals surface area contributed by atoms with Crippen molar-refractivity contribution in [2.24, 2.45) is 0 Å². The van der Waals surface area contributed by atoms with E-state index in [1.807, 2.05) is 42.5 Å². The van der Waals surface area contributed by atoms with E-state index >= 15 is 0 Å². The highest BCUT2D eigenvalue weighted by atomic mass is 35.5. The molecule has 3 aromatic carbocycles. The van der Waals surface area contributed by atoms with E-state index in [0.29, 0.717) is 5.69 Å². The van der Waals surface area contributed by atoms with Gasteiger partial charge in [-0.25, -0.2) is 9.97 Å². The number of nitrogen functional groups attached to an aromatic ring is 1. The molecule has 0 saturated carbocycles. The van der Waals surface area contributed by atoms with Gasteiger partial charge >= 0.3 is 0 Å². The number of hydrogen-bond donors (Lipinski definition) is 2. The number of nitrogens with one attached hydrogen (secondary N) is 1. The standard InChI is InChI=1S/C22H19ClN4/c23-18-6-4-16(5-7-18)17-3-1-2-15(12-17)10-11-25-22-20-13-19(24)8-9-21(20)26-14-27-22/h1-9,12-14H,10-11,24H2,(H,25,26,27). The monoisotopic (exact) mass is 374 g/mol. The Morgan fingerprint density at radius 2 is 1.74 bits per heavy atom. The van der Waals surface area contributed by atoms with Gasteiger partial charge in [-0.15, -0.1) is 0 Å². The zero-order valence-corrected chi connectivity index (χ0v) is 15.4. The van der Waals surface area contributed by atoms with Gasteiger partial charge in [0.15, 0.2) is 0 Å². The first-order valence-electron chi connectivity index (χ1n) is 8.78. The maximum Gasteiger partial charge on any atom is 0.137 e. The predicted molar refractivity (Wildman–Crippen MR) is 113 cm³/mol. The van der Waals surface area contributed by atoms with Gasteiger partial charge in [0, 0.05) is 22.6 Å². The van der Waals surface area contributed by atoms with Crippen LogP contribution in [0.5, 0.6) is 0 Å². The summed E-state index contributed by atoms with van der Waals surface area (Å²) < 4.78 is 0. The lowest BCUT2D eigenvalue weighted by atomic mass is 10.0. The zero-order valence-electron chi connectivity index (χ0n) is 14.7. The molecule has 0 spiro atoms. The van der Waals surface area contributed by atoms with Crippen LogP contribution >= 0.6 is 11.6 Å². The normalized spacial score (nSPS) is 10.9. The van der Waals surface area contributed by atoms with Crippen LogP contribution in [0.25, 0.3) is 22.0 Å². The Bertz CT molecular complexity index is 1080. The van der Waals surface area contributed by atoms with Gasteiger partial charge in [0.25, 0.3) is 0 Å². The summed E-state index contributed by atoms with van der Waals surface area (Å²) in [5.41, 5.74) is 11.1. The van der Waals surface area contributed by atoms with E-state index in [1.54, 1.807) is 6.33 Å². The zero-order chi connectivity index (χ0) is 18.6. The third kappa shape index (κ3) is 4.01. The van der Waals surface area contributed by atoms with Crippen LogP contribution in [0.15, 0.2) is 73.1 Å². The smallest absolute Gasteiger partial charge is 0.137 e. The molecule has 0 aliphatic rings. The SMILES string of the molecule is Nc1ccc2ncnc(NCCc3cccc(-c4ccc(Cl)cc4)c3)c2c1. The molecule has 4 rings (SSSR count). The number of fused-ring (bicyclic) bond motifs is 1. The molecule has 0 aliphatic heterocycles. The second-order valence-electron chi connectivity index (χ2n) is 6.38. The summed E-state index contributed by atoms with van der Waals surface area (Å²) in [4.78, 5) is 8.65. The number of rotatable bonds is 5. The van der Waals surface area contributed by atoms with Crippen LogP contribution in [0.3, 0.4) is 0 Å². The first kappa shape index (κ1) is 17.3. The summed E-state index contributed by atoms with van der Waals surface area (Å²) in [5, 5.41) is 5.09. The predicted octanol–water partition coefficient (Wildman–Crippen LogP) is 5.19. The van der Waals surface area contributed by atoms with E-state index in [9.17, 15) is 0 Å². The van der Waals surface area contributed by atoms with Crippen LogP contribution in [-0.4, -0.2) is 16.5 Å². The summed E-state index contributed by atoms with van der Waals surface area (Å²) in [6.45, 7) is 0.769. The quantitative estimate of drug-likeness (QED) is 0.472. The third-order valence-corrected chi connectivity index (χ3v) is 4.72. The van der Waals surface area contributed by atoms with Crippen LogP contribution in [0, 0.1) is 0 Å². The second kappa shape index (κ2) is 7.64. The highest BCUT2D eigenvalue weighted by Crippen LogP contribution is 2.24. The van der Waals surface area contributed by atoms with Gasteiger partial charge in [-0.1, -0.05) is 48.0 Å². The molecule has 1 aromatic heterocycles. The molecule has 0 fully saturated rings. The molecule has 0 saturated heterocycles. The third-order valence-electron chi connectivity index (χ3n) is 4.47. The number of halogens is 1. The van der Waals surface area contributed by atoms with Gasteiger partial charge in [0.1, 0.15) is 12.1 Å². The number of aromatic nitrogens is 2. The lowest BCUT2D eigenvalue weighted by molar-refractivity contribution is 1.01.